The van der Waals surface area contributed by atoms with Gasteiger partial charge in [-0.15, -0.1) is 0 Å². The zero-order valence-electron chi connectivity index (χ0n) is 26.4. The first-order valence-corrected chi connectivity index (χ1v) is 15.3. The number of carbonyl (C=O) groups is 3. The van der Waals surface area contributed by atoms with Gasteiger partial charge in [-0.05, 0) is 87.6 Å². The lowest BCUT2D eigenvalue weighted by Gasteiger charge is -2.27. The Labute approximate surface area is 275 Å². The molecule has 0 saturated carbocycles. The fourth-order valence-corrected chi connectivity index (χ4v) is 5.88. The van der Waals surface area contributed by atoms with Gasteiger partial charge in [0.15, 0.2) is 5.58 Å². The highest BCUT2D eigenvalue weighted by molar-refractivity contribution is 6.39. The van der Waals surface area contributed by atoms with Gasteiger partial charge in [0, 0.05) is 30.0 Å². The summed E-state index contributed by atoms with van der Waals surface area (Å²) in [6.45, 7) is 7.37. The number of amides is 1. The smallest absolute Gasteiger partial charge is 0.329 e. The number of nitriles is 1. The van der Waals surface area contributed by atoms with Crippen molar-refractivity contribution in [3.8, 4) is 28.7 Å². The Balaban J connectivity index is 1.27. The van der Waals surface area contributed by atoms with Gasteiger partial charge < -0.3 is 19.0 Å². The number of aromatic nitrogens is 3. The van der Waals surface area contributed by atoms with Crippen molar-refractivity contribution in [3.05, 3.63) is 82.8 Å². The number of nitrogens with one attached hydrogen (secondary N) is 1. The summed E-state index contributed by atoms with van der Waals surface area (Å²) < 4.78 is 14.3. The Morgan fingerprint density at radius 3 is 2.62 bits per heavy atom. The molecule has 12 heteroatoms. The summed E-state index contributed by atoms with van der Waals surface area (Å²) in [5.41, 5.74) is 5.08. The van der Waals surface area contributed by atoms with E-state index in [0.717, 1.165) is 26.8 Å². The Hall–Kier alpha value is -5.47. The van der Waals surface area contributed by atoms with E-state index in [4.69, 9.17) is 20.9 Å². The van der Waals surface area contributed by atoms with Gasteiger partial charge in [0.05, 0.1) is 16.9 Å². The van der Waals surface area contributed by atoms with E-state index < -0.39 is 17.6 Å². The second kappa shape index (κ2) is 12.0. The summed E-state index contributed by atoms with van der Waals surface area (Å²) in [6.07, 6.45) is 1.70. The highest BCUT2D eigenvalue weighted by atomic mass is 35.5. The fraction of sp³-hybridized carbons (Fsp3) is 0.257. The molecule has 0 fully saturated rings. The summed E-state index contributed by atoms with van der Waals surface area (Å²) in [7, 11) is 1.75. The van der Waals surface area contributed by atoms with E-state index in [1.165, 1.54) is 6.07 Å². The predicted octanol–water partition coefficient (Wildman–Crippen LogP) is 6.76. The Kier molecular flexibility index (Phi) is 8.07. The van der Waals surface area contributed by atoms with Crippen molar-refractivity contribution in [2.75, 3.05) is 9.74 Å². The third-order valence-corrected chi connectivity index (χ3v) is 8.32. The lowest BCUT2D eigenvalue weighted by Crippen LogP contribution is -2.39. The SMILES string of the molecule is Cc1c(-c2cccc(N(Cl)C(=O)c3nc4c(n3C)CCC(C(=O)OC(C)(C)C)N4)c2)cccc1-c1nc2cc(C=O)cc(C#N)c2o1. The highest BCUT2D eigenvalue weighted by Gasteiger charge is 2.33. The normalized spacial score (nSPS) is 14.2. The molecule has 238 valence electrons. The first-order valence-electron chi connectivity index (χ1n) is 14.9. The predicted molar refractivity (Wildman–Crippen MR) is 177 cm³/mol. The maximum absolute atomic E-state index is 13.6. The molecule has 3 aromatic carbocycles. The molecule has 2 aromatic heterocycles. The van der Waals surface area contributed by atoms with Gasteiger partial charge in [-0.1, -0.05) is 24.3 Å². The van der Waals surface area contributed by atoms with Gasteiger partial charge in [-0.3, -0.25) is 9.59 Å². The fourth-order valence-electron chi connectivity index (χ4n) is 5.69. The Morgan fingerprint density at radius 1 is 1.15 bits per heavy atom. The second-order valence-electron chi connectivity index (χ2n) is 12.3. The van der Waals surface area contributed by atoms with Crippen LogP contribution >= 0.6 is 11.8 Å². The van der Waals surface area contributed by atoms with E-state index in [9.17, 15) is 19.6 Å². The molecule has 3 heterocycles. The molecule has 1 atom stereocenters. The quantitative estimate of drug-likeness (QED) is 0.120. The van der Waals surface area contributed by atoms with E-state index in [1.54, 1.807) is 35.9 Å². The zero-order valence-corrected chi connectivity index (χ0v) is 27.2. The highest BCUT2D eigenvalue weighted by Crippen LogP contribution is 2.36. The molecular formula is C35H31ClN6O5. The van der Waals surface area contributed by atoms with Crippen molar-refractivity contribution >= 4 is 52.5 Å². The molecule has 5 aromatic rings. The van der Waals surface area contributed by atoms with Crippen molar-refractivity contribution in [2.45, 2.75) is 52.2 Å². The van der Waals surface area contributed by atoms with Crippen LogP contribution in [-0.2, 0) is 23.0 Å². The number of halogens is 1. The molecule has 0 spiro atoms. The van der Waals surface area contributed by atoms with Gasteiger partial charge >= 0.3 is 11.9 Å². The molecule has 0 aliphatic carbocycles. The minimum Gasteiger partial charge on any atom is -0.458 e. The first kappa shape index (κ1) is 31.5. The lowest BCUT2D eigenvalue weighted by atomic mass is 9.96. The minimum absolute atomic E-state index is 0.122. The number of nitrogens with zero attached hydrogens (tertiary/aromatic N) is 5. The second-order valence-corrected chi connectivity index (χ2v) is 12.7. The number of fused-ring (bicyclic) bond motifs is 2. The van der Waals surface area contributed by atoms with Crippen LogP contribution in [0, 0.1) is 18.3 Å². The van der Waals surface area contributed by atoms with Gasteiger partial charge in [0.25, 0.3) is 0 Å². The monoisotopic (exact) mass is 650 g/mol. The number of esters is 1. The number of oxazole rings is 1. The summed E-state index contributed by atoms with van der Waals surface area (Å²) >= 11 is 6.66. The Morgan fingerprint density at radius 2 is 1.89 bits per heavy atom. The number of rotatable bonds is 6. The van der Waals surface area contributed by atoms with Crippen LogP contribution in [-0.4, -0.2) is 44.3 Å². The molecule has 1 amide bonds. The molecule has 1 aliphatic rings. The summed E-state index contributed by atoms with van der Waals surface area (Å²) in [6, 6.07) is 17.4. The molecule has 1 N–H and O–H groups in total. The number of imidazole rings is 1. The molecule has 11 nitrogen and oxygen atoms in total. The summed E-state index contributed by atoms with van der Waals surface area (Å²) in [5.74, 6) is -0.0160. The van der Waals surface area contributed by atoms with Crippen LogP contribution < -0.4 is 9.74 Å². The van der Waals surface area contributed by atoms with E-state index in [1.807, 2.05) is 52.0 Å². The molecule has 1 unspecified atom stereocenters. The van der Waals surface area contributed by atoms with Crippen LogP contribution in [0.25, 0.3) is 33.7 Å². The van der Waals surface area contributed by atoms with Crippen molar-refractivity contribution in [1.29, 1.82) is 5.26 Å². The maximum atomic E-state index is 13.6. The van der Waals surface area contributed by atoms with Crippen molar-refractivity contribution in [2.24, 2.45) is 7.05 Å². The number of aldehydes is 1. The lowest BCUT2D eigenvalue weighted by molar-refractivity contribution is -0.156. The summed E-state index contributed by atoms with van der Waals surface area (Å²) in [5, 5.41) is 12.7. The average molecular weight is 651 g/mol. The number of carbonyl (C=O) groups excluding carboxylic acids is 3. The van der Waals surface area contributed by atoms with Gasteiger partial charge in [-0.25, -0.2) is 19.2 Å². The van der Waals surface area contributed by atoms with E-state index in [-0.39, 0.29) is 17.4 Å². The van der Waals surface area contributed by atoms with Crippen molar-refractivity contribution in [1.82, 2.24) is 14.5 Å². The number of hydrogen-bond acceptors (Lipinski definition) is 9. The van der Waals surface area contributed by atoms with Crippen molar-refractivity contribution in [3.63, 3.8) is 0 Å². The molecule has 1 aliphatic heterocycles. The van der Waals surface area contributed by atoms with Gasteiger partial charge in [-0.2, -0.15) is 5.26 Å². The van der Waals surface area contributed by atoms with E-state index in [2.05, 4.69) is 21.4 Å². The molecule has 6 rings (SSSR count). The Bertz CT molecular complexity index is 2120. The first-order chi connectivity index (χ1) is 22.4. The van der Waals surface area contributed by atoms with Gasteiger partial charge in [0.1, 0.15) is 35.3 Å². The minimum atomic E-state index is -0.619. The average Bonchev–Trinajstić information content (AvgIpc) is 3.63. The van der Waals surface area contributed by atoms with Crippen LogP contribution in [0.1, 0.15) is 65.0 Å². The molecular weight excluding hydrogens is 620 g/mol. The molecule has 0 radical (unpaired) electrons. The van der Waals surface area contributed by atoms with Crippen LogP contribution in [0.15, 0.2) is 59.0 Å². The topological polar surface area (TPSA) is 143 Å². The largest absolute Gasteiger partial charge is 0.458 e. The summed E-state index contributed by atoms with van der Waals surface area (Å²) in [4.78, 5) is 46.8. The third-order valence-electron chi connectivity index (χ3n) is 7.97. The molecule has 0 saturated heterocycles. The third kappa shape index (κ3) is 5.95. The molecule has 47 heavy (non-hydrogen) atoms. The molecule has 0 bridgehead atoms. The number of anilines is 2. The number of hydrogen-bond donors (Lipinski definition) is 1. The maximum Gasteiger partial charge on any atom is 0.329 e. The van der Waals surface area contributed by atoms with Crippen LogP contribution in [0.4, 0.5) is 11.5 Å². The van der Waals surface area contributed by atoms with E-state index >= 15 is 0 Å². The van der Waals surface area contributed by atoms with Crippen LogP contribution in [0.2, 0.25) is 0 Å². The number of ether oxygens (including phenoxy) is 1. The van der Waals surface area contributed by atoms with Crippen LogP contribution in [0.3, 0.4) is 0 Å². The number of benzene rings is 3. The zero-order chi connectivity index (χ0) is 33.6. The van der Waals surface area contributed by atoms with Crippen LogP contribution in [0.5, 0.6) is 0 Å². The van der Waals surface area contributed by atoms with Crippen molar-refractivity contribution < 1.29 is 23.5 Å². The van der Waals surface area contributed by atoms with E-state index in [0.29, 0.717) is 58.8 Å². The standard InChI is InChI=1S/C35H31ClN6O5/c1-19-24(10-7-11-25(19)32-39-27-15-20(18-43)14-22(17-37)29(27)46-32)21-8-6-9-23(16-21)42(36)33(44)31-40-30-28(41(31)5)13-12-26(38-30)34(45)47-35(2,3)4/h6-11,14-16,18,26,38H,12-13H2,1-5H3. The van der Waals surface area contributed by atoms with Gasteiger partial charge in [0.2, 0.25) is 11.7 Å².